The predicted octanol–water partition coefficient (Wildman–Crippen LogP) is 5.77. The van der Waals surface area contributed by atoms with Gasteiger partial charge in [-0.1, -0.05) is 30.4 Å². The number of carbonyl (C=O) groups excluding carboxylic acids is 2. The number of amides is 1. The third-order valence-corrected chi connectivity index (χ3v) is 12.6. The van der Waals surface area contributed by atoms with Crippen LogP contribution in [0.1, 0.15) is 52.7 Å². The van der Waals surface area contributed by atoms with Crippen molar-refractivity contribution in [1.29, 1.82) is 0 Å². The molecule has 1 amide bonds. The highest BCUT2D eigenvalue weighted by atomic mass is 16.6. The minimum Gasteiger partial charge on any atom is -0.497 e. The molecule has 2 heterocycles. The summed E-state index contributed by atoms with van der Waals surface area (Å²) in [4.78, 5) is 30.3. The maximum atomic E-state index is 14.7. The second kappa shape index (κ2) is 10.7. The van der Waals surface area contributed by atoms with Crippen LogP contribution < -0.4 is 19.5 Å². The number of Topliss-reactive ketones (excluding diaryl/α,β-unsaturated/α-hetero) is 1. The number of likely N-dealkylation sites (tertiary alicyclic amines) is 1. The standard InChI is InChI=1S/C40H42N2O6/c1-45-29-13-6-24(7-14-29)20-33(43)41-28-11-8-26(9-12-28)35(44)30-22-38-16-17-40(30,47-3)37-39(38)18-19-42(23-25-4-5-25)32(38)21-27-10-15-31(46-2)36(48-37)34(27)39/h6-17,25,30,32,37H,4-5,18-23H2,1-3H3,(H,41,43)/t30-,32-,37-,38-,39+,40-/m1/s1. The van der Waals surface area contributed by atoms with Crippen molar-refractivity contribution in [1.82, 2.24) is 4.90 Å². The first kappa shape index (κ1) is 30.0. The number of carbonyl (C=O) groups is 2. The summed E-state index contributed by atoms with van der Waals surface area (Å²) in [5.41, 5.74) is 3.34. The second-order valence-corrected chi connectivity index (χ2v) is 14.7. The van der Waals surface area contributed by atoms with Crippen molar-refractivity contribution in [3.05, 3.63) is 95.1 Å². The third kappa shape index (κ3) is 4.02. The number of hydrogen-bond acceptors (Lipinski definition) is 7. The van der Waals surface area contributed by atoms with Crippen molar-refractivity contribution in [2.45, 2.75) is 61.7 Å². The molecule has 1 saturated heterocycles. The molecule has 3 fully saturated rings. The molecule has 3 aromatic rings. The fourth-order valence-electron chi connectivity index (χ4n) is 10.3. The number of ether oxygens (including phenoxy) is 4. The van der Waals surface area contributed by atoms with Crippen molar-refractivity contribution in [3.8, 4) is 17.2 Å². The van der Waals surface area contributed by atoms with E-state index < -0.39 is 11.5 Å². The first-order valence-corrected chi connectivity index (χ1v) is 17.3. The van der Waals surface area contributed by atoms with E-state index in [1.165, 1.54) is 24.0 Å². The molecule has 0 aromatic heterocycles. The van der Waals surface area contributed by atoms with Crippen LogP contribution in [-0.2, 0) is 27.8 Å². The first-order chi connectivity index (χ1) is 23.4. The van der Waals surface area contributed by atoms with Gasteiger partial charge in [-0.25, -0.2) is 0 Å². The molecule has 2 aliphatic heterocycles. The number of hydrogen-bond donors (Lipinski definition) is 1. The lowest BCUT2D eigenvalue weighted by atomic mass is 9.36. The van der Waals surface area contributed by atoms with Gasteiger partial charge in [0.1, 0.15) is 17.5 Å². The fraction of sp³-hybridized carbons (Fsp3) is 0.450. The van der Waals surface area contributed by atoms with Crippen molar-refractivity contribution in [2.24, 2.45) is 17.3 Å². The largest absolute Gasteiger partial charge is 0.497 e. The van der Waals surface area contributed by atoms with Gasteiger partial charge in [-0.05, 0) is 98.2 Å². The number of nitrogens with zero attached hydrogens (tertiary/aromatic N) is 1. The van der Waals surface area contributed by atoms with Crippen LogP contribution in [0.3, 0.4) is 0 Å². The molecule has 10 rings (SSSR count). The highest BCUT2D eigenvalue weighted by Crippen LogP contribution is 2.75. The van der Waals surface area contributed by atoms with Gasteiger partial charge in [-0.2, -0.15) is 0 Å². The number of anilines is 1. The zero-order chi connectivity index (χ0) is 32.8. The third-order valence-electron chi connectivity index (χ3n) is 12.6. The number of rotatable bonds is 10. The van der Waals surface area contributed by atoms with E-state index in [9.17, 15) is 9.59 Å². The van der Waals surface area contributed by atoms with Gasteiger partial charge >= 0.3 is 0 Å². The van der Waals surface area contributed by atoms with Crippen molar-refractivity contribution < 1.29 is 28.5 Å². The zero-order valence-electron chi connectivity index (χ0n) is 27.8. The monoisotopic (exact) mass is 646 g/mol. The van der Waals surface area contributed by atoms with Crippen molar-refractivity contribution in [2.75, 3.05) is 39.7 Å². The fourth-order valence-corrected chi connectivity index (χ4v) is 10.3. The average molecular weight is 647 g/mol. The summed E-state index contributed by atoms with van der Waals surface area (Å²) >= 11 is 0. The van der Waals surface area contributed by atoms with Crippen LogP contribution in [0.25, 0.3) is 0 Å². The van der Waals surface area contributed by atoms with E-state index in [4.69, 9.17) is 18.9 Å². The molecular formula is C40H42N2O6. The molecule has 48 heavy (non-hydrogen) atoms. The molecule has 8 heteroatoms. The van der Waals surface area contributed by atoms with Gasteiger partial charge in [-0.15, -0.1) is 0 Å². The molecule has 2 spiro atoms. The lowest BCUT2D eigenvalue weighted by Crippen LogP contribution is -2.79. The SMILES string of the molecule is COc1ccc(CC(=O)Nc2ccc(C(=O)[C@H]3C[C@@]45C=C[C@]3(OC)[C@@H]3Oc6c(OC)ccc7c6[C@@]34CCN(CC3CC3)[C@@H]5C7)cc2)cc1. The average Bonchev–Trinajstić information content (AvgIpc) is 3.86. The molecule has 8 nitrogen and oxygen atoms in total. The molecule has 6 atom stereocenters. The number of nitrogens with one attached hydrogen (secondary N) is 1. The minimum atomic E-state index is -0.925. The van der Waals surface area contributed by atoms with Crippen LogP contribution >= 0.6 is 0 Å². The Morgan fingerprint density at radius 1 is 0.958 bits per heavy atom. The van der Waals surface area contributed by atoms with Gasteiger partial charge in [0.25, 0.3) is 0 Å². The highest BCUT2D eigenvalue weighted by Gasteiger charge is 2.80. The van der Waals surface area contributed by atoms with Gasteiger partial charge in [-0.3, -0.25) is 14.5 Å². The van der Waals surface area contributed by atoms with Crippen molar-refractivity contribution >= 4 is 17.4 Å². The van der Waals surface area contributed by atoms with Crippen LogP contribution in [-0.4, -0.2) is 68.8 Å². The van der Waals surface area contributed by atoms with Gasteiger partial charge in [0, 0.05) is 41.9 Å². The van der Waals surface area contributed by atoms with E-state index in [2.05, 4.69) is 34.5 Å². The van der Waals surface area contributed by atoms with E-state index >= 15 is 0 Å². The summed E-state index contributed by atoms with van der Waals surface area (Å²) in [7, 11) is 5.06. The first-order valence-electron chi connectivity index (χ1n) is 17.3. The highest BCUT2D eigenvalue weighted by molar-refractivity contribution is 6.00. The van der Waals surface area contributed by atoms with E-state index in [1.807, 2.05) is 48.5 Å². The minimum absolute atomic E-state index is 0.0515. The molecular weight excluding hydrogens is 604 g/mol. The number of piperidine rings is 1. The summed E-state index contributed by atoms with van der Waals surface area (Å²) in [5, 5.41) is 2.98. The Bertz CT molecular complexity index is 1830. The van der Waals surface area contributed by atoms with Crippen molar-refractivity contribution in [3.63, 3.8) is 0 Å². The molecule has 4 bridgehead atoms. The molecule has 3 aromatic carbocycles. The van der Waals surface area contributed by atoms with Gasteiger partial charge in [0.2, 0.25) is 5.91 Å². The predicted molar refractivity (Wildman–Crippen MR) is 181 cm³/mol. The zero-order valence-corrected chi connectivity index (χ0v) is 27.8. The Labute approximate surface area is 281 Å². The Balaban J connectivity index is 1.04. The van der Waals surface area contributed by atoms with Gasteiger partial charge in [0.15, 0.2) is 17.3 Å². The van der Waals surface area contributed by atoms with Crippen LogP contribution in [0, 0.1) is 17.3 Å². The van der Waals surface area contributed by atoms with E-state index in [-0.39, 0.29) is 41.1 Å². The molecule has 248 valence electrons. The number of benzene rings is 3. The summed E-state index contributed by atoms with van der Waals surface area (Å²) < 4.78 is 24.7. The maximum absolute atomic E-state index is 14.7. The maximum Gasteiger partial charge on any atom is 0.228 e. The molecule has 1 N–H and O–H groups in total. The summed E-state index contributed by atoms with van der Waals surface area (Å²) in [6.07, 6.45) is 9.76. The van der Waals surface area contributed by atoms with Crippen LogP contribution in [0.2, 0.25) is 0 Å². The second-order valence-electron chi connectivity index (χ2n) is 14.7. The van der Waals surface area contributed by atoms with Gasteiger partial charge in [0.05, 0.1) is 32.0 Å². The van der Waals surface area contributed by atoms with E-state index in [0.717, 1.165) is 54.7 Å². The summed E-state index contributed by atoms with van der Waals surface area (Å²) in [5.74, 6) is 2.63. The molecule has 2 saturated carbocycles. The lowest BCUT2D eigenvalue weighted by Gasteiger charge is -2.71. The van der Waals surface area contributed by atoms with Crippen LogP contribution in [0.5, 0.6) is 17.2 Å². The molecule has 5 aliphatic carbocycles. The van der Waals surface area contributed by atoms with E-state index in [0.29, 0.717) is 17.7 Å². The molecule has 0 radical (unpaired) electrons. The smallest absolute Gasteiger partial charge is 0.228 e. The molecule has 7 aliphatic rings. The topological polar surface area (TPSA) is 86.3 Å². The van der Waals surface area contributed by atoms with Crippen LogP contribution in [0.4, 0.5) is 5.69 Å². The van der Waals surface area contributed by atoms with Crippen LogP contribution in [0.15, 0.2) is 72.8 Å². The Morgan fingerprint density at radius 2 is 1.75 bits per heavy atom. The van der Waals surface area contributed by atoms with E-state index in [1.54, 1.807) is 21.3 Å². The summed E-state index contributed by atoms with van der Waals surface area (Å²) in [6.45, 7) is 2.15. The normalized spacial score (nSPS) is 31.9. The van der Waals surface area contributed by atoms with Gasteiger partial charge < -0.3 is 24.3 Å². The number of fused-ring (bicyclic) bond motifs is 1. The number of methoxy groups -OCH3 is 3. The lowest BCUT2D eigenvalue weighted by molar-refractivity contribution is -0.206. The Kier molecular flexibility index (Phi) is 6.67. The molecule has 0 unspecified atom stereocenters. The summed E-state index contributed by atoms with van der Waals surface area (Å²) in [6, 6.07) is 19.4. The Hall–Kier alpha value is -4.14. The number of ketones is 1. The quantitative estimate of drug-likeness (QED) is 0.221. The Morgan fingerprint density at radius 3 is 2.46 bits per heavy atom.